The molecule has 0 bridgehead atoms. The fourth-order valence-electron chi connectivity index (χ4n) is 3.14. The van der Waals surface area contributed by atoms with E-state index in [0.717, 1.165) is 23.7 Å². The largest absolute Gasteiger partial charge is 0.490 e. The van der Waals surface area contributed by atoms with Crippen molar-refractivity contribution < 1.29 is 29.0 Å². The second kappa shape index (κ2) is 11.1. The molecule has 1 aliphatic heterocycles. The van der Waals surface area contributed by atoms with Crippen LogP contribution in [0.1, 0.15) is 24.5 Å². The van der Waals surface area contributed by atoms with E-state index in [1.54, 1.807) is 19.1 Å². The van der Waals surface area contributed by atoms with Crippen LogP contribution in [0.25, 0.3) is 6.08 Å². The van der Waals surface area contributed by atoms with Gasteiger partial charge in [0.05, 0.1) is 16.5 Å². The molecule has 1 N–H and O–H groups in total. The van der Waals surface area contributed by atoms with Crippen LogP contribution in [0.2, 0.25) is 5.02 Å². The van der Waals surface area contributed by atoms with Crippen molar-refractivity contribution in [1.82, 2.24) is 4.90 Å². The van der Waals surface area contributed by atoms with E-state index >= 15 is 0 Å². The monoisotopic (exact) mass is 475 g/mol. The lowest BCUT2D eigenvalue weighted by Crippen LogP contribution is -2.29. The molecule has 0 aliphatic carbocycles. The van der Waals surface area contributed by atoms with Crippen molar-refractivity contribution >= 4 is 46.6 Å². The van der Waals surface area contributed by atoms with Gasteiger partial charge in [0.15, 0.2) is 18.1 Å². The zero-order chi connectivity index (χ0) is 23.1. The number of halogens is 1. The van der Waals surface area contributed by atoms with E-state index in [2.05, 4.69) is 0 Å². The number of carboxylic acids is 1. The number of aliphatic carboxylic acids is 1. The number of hydrogen-bond acceptors (Lipinski definition) is 6. The van der Waals surface area contributed by atoms with E-state index in [4.69, 9.17) is 26.2 Å². The lowest BCUT2D eigenvalue weighted by Gasteiger charge is -2.13. The third-order valence-corrected chi connectivity index (χ3v) is 5.72. The fraction of sp³-hybridized carbons (Fsp3) is 0.261. The van der Waals surface area contributed by atoms with Crippen LogP contribution < -0.4 is 9.47 Å². The lowest BCUT2D eigenvalue weighted by molar-refractivity contribution is -0.139. The number of hydrogen-bond donors (Lipinski definition) is 1. The van der Waals surface area contributed by atoms with Gasteiger partial charge in [0.2, 0.25) is 0 Å². The number of carbonyl (C=O) groups is 3. The fourth-order valence-corrected chi connectivity index (χ4v) is 4.28. The SMILES string of the molecule is CCOc1cc(/C=C2/SC(=O)N(CCCc3ccccc3)C2=O)cc(Cl)c1OCC(=O)O. The summed E-state index contributed by atoms with van der Waals surface area (Å²) < 4.78 is 10.8. The molecule has 3 rings (SSSR count). The molecule has 2 amide bonds. The Morgan fingerprint density at radius 3 is 2.62 bits per heavy atom. The Morgan fingerprint density at radius 1 is 1.19 bits per heavy atom. The predicted octanol–water partition coefficient (Wildman–Crippen LogP) is 4.87. The van der Waals surface area contributed by atoms with Gasteiger partial charge in [-0.3, -0.25) is 14.5 Å². The number of imide groups is 1. The minimum absolute atomic E-state index is 0.113. The molecule has 0 saturated carbocycles. The summed E-state index contributed by atoms with van der Waals surface area (Å²) in [5.74, 6) is -1.13. The van der Waals surface area contributed by atoms with Crippen LogP contribution in [0.4, 0.5) is 4.79 Å². The van der Waals surface area contributed by atoms with Gasteiger partial charge >= 0.3 is 5.97 Å². The Kier molecular flexibility index (Phi) is 8.19. The Morgan fingerprint density at radius 2 is 1.94 bits per heavy atom. The number of ether oxygens (including phenoxy) is 2. The van der Waals surface area contributed by atoms with E-state index in [1.807, 2.05) is 30.3 Å². The zero-order valence-corrected chi connectivity index (χ0v) is 18.9. The first-order valence-corrected chi connectivity index (χ1v) is 11.2. The molecule has 0 unspecified atom stereocenters. The summed E-state index contributed by atoms with van der Waals surface area (Å²) in [6, 6.07) is 13.0. The van der Waals surface area contributed by atoms with Crippen molar-refractivity contribution in [3.63, 3.8) is 0 Å². The van der Waals surface area contributed by atoms with Gasteiger partial charge in [0.25, 0.3) is 11.1 Å². The molecule has 1 heterocycles. The smallest absolute Gasteiger partial charge is 0.341 e. The van der Waals surface area contributed by atoms with Crippen LogP contribution >= 0.6 is 23.4 Å². The van der Waals surface area contributed by atoms with Gasteiger partial charge in [-0.15, -0.1) is 0 Å². The number of carbonyl (C=O) groups excluding carboxylic acids is 2. The normalized spacial score (nSPS) is 14.8. The Hall–Kier alpha value is -2.97. The average Bonchev–Trinajstić information content (AvgIpc) is 3.01. The highest BCUT2D eigenvalue weighted by atomic mass is 35.5. The number of thioether (sulfide) groups is 1. The molecule has 1 saturated heterocycles. The van der Waals surface area contributed by atoms with Crippen molar-refractivity contribution in [2.24, 2.45) is 0 Å². The summed E-state index contributed by atoms with van der Waals surface area (Å²) in [6.45, 7) is 1.84. The first-order chi connectivity index (χ1) is 15.4. The minimum atomic E-state index is -1.14. The van der Waals surface area contributed by atoms with Crippen LogP contribution in [0.3, 0.4) is 0 Å². The third-order valence-electron chi connectivity index (χ3n) is 4.53. The summed E-state index contributed by atoms with van der Waals surface area (Å²) in [4.78, 5) is 37.5. The second-order valence-electron chi connectivity index (χ2n) is 6.87. The lowest BCUT2D eigenvalue weighted by atomic mass is 10.1. The predicted molar refractivity (Wildman–Crippen MR) is 123 cm³/mol. The van der Waals surface area contributed by atoms with Gasteiger partial charge in [-0.25, -0.2) is 4.79 Å². The highest BCUT2D eigenvalue weighted by molar-refractivity contribution is 8.18. The first-order valence-electron chi connectivity index (χ1n) is 9.99. The van der Waals surface area contributed by atoms with E-state index in [0.29, 0.717) is 25.1 Å². The number of rotatable bonds is 10. The first kappa shape index (κ1) is 23.7. The summed E-state index contributed by atoms with van der Waals surface area (Å²) in [7, 11) is 0. The van der Waals surface area contributed by atoms with E-state index in [1.165, 1.54) is 11.0 Å². The molecule has 32 heavy (non-hydrogen) atoms. The average molecular weight is 476 g/mol. The zero-order valence-electron chi connectivity index (χ0n) is 17.4. The molecule has 0 radical (unpaired) electrons. The summed E-state index contributed by atoms with van der Waals surface area (Å²) >= 11 is 7.14. The van der Waals surface area contributed by atoms with Crippen molar-refractivity contribution in [3.8, 4) is 11.5 Å². The summed E-state index contributed by atoms with van der Waals surface area (Å²) in [5.41, 5.74) is 1.69. The third kappa shape index (κ3) is 6.05. The van der Waals surface area contributed by atoms with Gasteiger partial charge < -0.3 is 14.6 Å². The molecule has 1 aliphatic rings. The number of carboxylic acid groups (broad SMARTS) is 1. The quantitative estimate of drug-likeness (QED) is 0.490. The van der Waals surface area contributed by atoms with E-state index in [9.17, 15) is 14.4 Å². The van der Waals surface area contributed by atoms with E-state index in [-0.39, 0.29) is 32.6 Å². The van der Waals surface area contributed by atoms with Crippen molar-refractivity contribution in [2.75, 3.05) is 19.8 Å². The number of amides is 2. The van der Waals surface area contributed by atoms with Crippen LogP contribution in [-0.4, -0.2) is 46.9 Å². The van der Waals surface area contributed by atoms with E-state index < -0.39 is 12.6 Å². The maximum Gasteiger partial charge on any atom is 0.341 e. The van der Waals surface area contributed by atoms with Gasteiger partial charge in [-0.2, -0.15) is 0 Å². The maximum atomic E-state index is 12.8. The topological polar surface area (TPSA) is 93.1 Å². The molecule has 0 spiro atoms. The molecule has 0 atom stereocenters. The molecular weight excluding hydrogens is 454 g/mol. The molecule has 0 aromatic heterocycles. The number of benzene rings is 2. The van der Waals surface area contributed by atoms with Gasteiger partial charge in [0.1, 0.15) is 0 Å². The Bertz CT molecular complexity index is 1040. The Labute approximate surface area is 194 Å². The van der Waals surface area contributed by atoms with Gasteiger partial charge in [-0.1, -0.05) is 41.9 Å². The molecule has 2 aromatic rings. The maximum absolute atomic E-state index is 12.8. The molecule has 9 heteroatoms. The summed E-state index contributed by atoms with van der Waals surface area (Å²) in [5, 5.41) is 8.67. The Balaban J connectivity index is 1.73. The van der Waals surface area contributed by atoms with Gasteiger partial charge in [0, 0.05) is 6.54 Å². The van der Waals surface area contributed by atoms with Crippen LogP contribution in [0.15, 0.2) is 47.4 Å². The van der Waals surface area contributed by atoms with Crippen LogP contribution in [0.5, 0.6) is 11.5 Å². The molecule has 168 valence electrons. The molecular formula is C23H22ClNO6S. The number of nitrogens with zero attached hydrogens (tertiary/aromatic N) is 1. The standard InChI is InChI=1S/C23H22ClNO6S/c1-2-30-18-12-16(11-17(24)21(18)31-14-20(26)27)13-19-22(28)25(23(29)32-19)10-6-9-15-7-4-3-5-8-15/h3-5,7-8,11-13H,2,6,9-10,14H2,1H3,(H,26,27)/b19-13+. The second-order valence-corrected chi connectivity index (χ2v) is 8.27. The minimum Gasteiger partial charge on any atom is -0.490 e. The van der Waals surface area contributed by atoms with Crippen molar-refractivity contribution in [3.05, 3.63) is 63.5 Å². The highest BCUT2D eigenvalue weighted by Gasteiger charge is 2.34. The highest BCUT2D eigenvalue weighted by Crippen LogP contribution is 2.39. The number of aryl methyl sites for hydroxylation is 1. The molecule has 2 aromatic carbocycles. The van der Waals surface area contributed by atoms with Crippen LogP contribution in [-0.2, 0) is 16.0 Å². The van der Waals surface area contributed by atoms with Crippen LogP contribution in [0, 0.1) is 0 Å². The van der Waals surface area contributed by atoms with Crippen molar-refractivity contribution in [1.29, 1.82) is 0 Å². The molecule has 1 fully saturated rings. The molecule has 7 nitrogen and oxygen atoms in total. The van der Waals surface area contributed by atoms with Gasteiger partial charge in [-0.05, 0) is 60.9 Å². The summed E-state index contributed by atoms with van der Waals surface area (Å²) in [6.07, 6.45) is 3.01. The van der Waals surface area contributed by atoms with Crippen molar-refractivity contribution in [2.45, 2.75) is 19.8 Å².